The van der Waals surface area contributed by atoms with Gasteiger partial charge in [-0.1, -0.05) is 0 Å². The van der Waals surface area contributed by atoms with Gasteiger partial charge in [0.2, 0.25) is 0 Å². The molecule has 1 aliphatic rings. The summed E-state index contributed by atoms with van der Waals surface area (Å²) in [4.78, 5) is 50.0. The number of aromatic amines is 1. The zero-order valence-corrected chi connectivity index (χ0v) is 17.4. The van der Waals surface area contributed by atoms with Crippen molar-refractivity contribution >= 4 is 11.9 Å². The number of nitrogens with one attached hydrogen (secondary N) is 1. The Hall–Kier alpha value is -2.46. The van der Waals surface area contributed by atoms with E-state index >= 15 is 0 Å². The van der Waals surface area contributed by atoms with E-state index in [1.807, 2.05) is 0 Å². The molecule has 4 atom stereocenters. The summed E-state index contributed by atoms with van der Waals surface area (Å²) in [5, 5.41) is 10.7. The second-order valence-electron chi connectivity index (χ2n) is 9.04. The van der Waals surface area contributed by atoms with E-state index in [1.165, 1.54) is 6.20 Å². The van der Waals surface area contributed by atoms with Crippen LogP contribution in [-0.4, -0.2) is 51.5 Å². The zero-order chi connectivity index (χ0) is 22.1. The molecule has 10 nitrogen and oxygen atoms in total. The average Bonchev–Trinajstić information content (AvgIpc) is 2.87. The van der Waals surface area contributed by atoms with Gasteiger partial charge in [-0.3, -0.25) is 23.9 Å². The fraction of sp³-hybridized carbons (Fsp3) is 0.684. The van der Waals surface area contributed by atoms with Crippen molar-refractivity contribution in [3.8, 4) is 0 Å². The minimum absolute atomic E-state index is 0.296. The largest absolute Gasteiger partial charge is 0.462 e. The fourth-order valence-corrected chi connectivity index (χ4v) is 2.51. The molecule has 0 spiro atoms. The number of aromatic nitrogens is 2. The van der Waals surface area contributed by atoms with Gasteiger partial charge in [-0.2, -0.15) is 0 Å². The Balaban J connectivity index is 2.30. The maximum absolute atomic E-state index is 12.4. The third-order valence-corrected chi connectivity index (χ3v) is 4.28. The summed E-state index contributed by atoms with van der Waals surface area (Å²) >= 11 is 0. The lowest BCUT2D eigenvalue weighted by atomic mass is 9.97. The number of ether oxygens (including phenoxy) is 3. The first-order chi connectivity index (χ1) is 13.2. The first-order valence-electron chi connectivity index (χ1n) is 9.25. The van der Waals surface area contributed by atoms with Crippen LogP contribution in [0, 0.1) is 10.8 Å². The molecule has 1 fully saturated rings. The number of nitrogens with zero attached hydrogens (tertiary/aromatic N) is 1. The van der Waals surface area contributed by atoms with E-state index in [4.69, 9.17) is 14.2 Å². The molecule has 29 heavy (non-hydrogen) atoms. The van der Waals surface area contributed by atoms with Crippen molar-refractivity contribution in [2.24, 2.45) is 10.8 Å². The van der Waals surface area contributed by atoms with Crippen LogP contribution in [0.3, 0.4) is 0 Å². The summed E-state index contributed by atoms with van der Waals surface area (Å²) < 4.78 is 17.4. The first-order valence-corrected chi connectivity index (χ1v) is 9.25. The number of hydrogen-bond donors (Lipinski definition) is 2. The molecule has 0 aliphatic carbocycles. The van der Waals surface area contributed by atoms with Crippen LogP contribution >= 0.6 is 0 Å². The van der Waals surface area contributed by atoms with Crippen LogP contribution in [-0.2, 0) is 23.8 Å². The maximum atomic E-state index is 12.4. The van der Waals surface area contributed by atoms with Gasteiger partial charge in [0.25, 0.3) is 5.56 Å². The number of H-pyrrole nitrogens is 1. The molecule has 0 aromatic carbocycles. The Morgan fingerprint density at radius 3 is 2.24 bits per heavy atom. The standard InChI is InChI=1S/C19H28N2O8/c1-18(2,3)15(24)27-9-10-12(23)13(29-16(25)19(4,5)6)14(28-10)21-8-7-11(22)20-17(21)26/h7-8,10,12-14,23H,9H2,1-6H3,(H,20,22,26)/t10-,12-,13-,14-/m1/s1. The van der Waals surface area contributed by atoms with E-state index < -0.39 is 58.6 Å². The third kappa shape index (κ3) is 5.33. The summed E-state index contributed by atoms with van der Waals surface area (Å²) in [6.45, 7) is 9.66. The summed E-state index contributed by atoms with van der Waals surface area (Å²) in [5.74, 6) is -1.11. The van der Waals surface area contributed by atoms with Gasteiger partial charge in [-0.05, 0) is 41.5 Å². The SMILES string of the molecule is CC(C)(C)C(=O)OC[C@H]1O[C@@H](n2ccc(=O)[nH]c2=O)[C@H](OC(=O)C(C)(C)C)[C@@H]1O. The van der Waals surface area contributed by atoms with Crippen molar-refractivity contribution in [2.45, 2.75) is 66.1 Å². The average molecular weight is 412 g/mol. The smallest absolute Gasteiger partial charge is 0.330 e. The molecule has 162 valence electrons. The number of aliphatic hydroxyl groups is 1. The number of aliphatic hydroxyl groups excluding tert-OH is 1. The molecule has 0 saturated carbocycles. The van der Waals surface area contributed by atoms with E-state index in [2.05, 4.69) is 4.98 Å². The molecule has 0 amide bonds. The lowest BCUT2D eigenvalue weighted by Crippen LogP contribution is -2.42. The number of hydrogen-bond acceptors (Lipinski definition) is 8. The van der Waals surface area contributed by atoms with Crippen LogP contribution in [0.25, 0.3) is 0 Å². The monoisotopic (exact) mass is 412 g/mol. The van der Waals surface area contributed by atoms with E-state index in [-0.39, 0.29) is 6.61 Å². The molecule has 0 unspecified atom stereocenters. The molecular formula is C19H28N2O8. The molecule has 0 radical (unpaired) electrons. The van der Waals surface area contributed by atoms with E-state index in [0.717, 1.165) is 10.6 Å². The van der Waals surface area contributed by atoms with Crippen molar-refractivity contribution in [1.82, 2.24) is 9.55 Å². The van der Waals surface area contributed by atoms with Crippen LogP contribution in [0.2, 0.25) is 0 Å². The summed E-state index contributed by atoms with van der Waals surface area (Å²) in [5.41, 5.74) is -3.02. The van der Waals surface area contributed by atoms with Gasteiger partial charge < -0.3 is 19.3 Å². The van der Waals surface area contributed by atoms with Gasteiger partial charge in [0.15, 0.2) is 12.3 Å². The predicted octanol–water partition coefficient (Wildman–Crippen LogP) is 0.342. The molecular weight excluding hydrogens is 384 g/mol. The third-order valence-electron chi connectivity index (χ3n) is 4.28. The predicted molar refractivity (Wildman–Crippen MR) is 101 cm³/mol. The Morgan fingerprint density at radius 1 is 1.14 bits per heavy atom. The molecule has 10 heteroatoms. The Bertz CT molecular complexity index is 874. The Morgan fingerprint density at radius 2 is 1.72 bits per heavy atom. The lowest BCUT2D eigenvalue weighted by Gasteiger charge is -2.25. The lowest BCUT2D eigenvalue weighted by molar-refractivity contribution is -0.168. The van der Waals surface area contributed by atoms with Crippen molar-refractivity contribution in [3.63, 3.8) is 0 Å². The summed E-state index contributed by atoms with van der Waals surface area (Å²) in [7, 11) is 0. The molecule has 1 aromatic heterocycles. The number of rotatable bonds is 4. The molecule has 2 heterocycles. The maximum Gasteiger partial charge on any atom is 0.330 e. The van der Waals surface area contributed by atoms with Crippen molar-refractivity contribution in [1.29, 1.82) is 0 Å². The van der Waals surface area contributed by atoms with Crippen LogP contribution in [0.5, 0.6) is 0 Å². The minimum Gasteiger partial charge on any atom is -0.462 e. The van der Waals surface area contributed by atoms with Gasteiger partial charge in [0.1, 0.15) is 18.8 Å². The molecule has 1 aromatic rings. The van der Waals surface area contributed by atoms with Crippen LogP contribution in [0.1, 0.15) is 47.8 Å². The highest BCUT2D eigenvalue weighted by molar-refractivity contribution is 5.76. The zero-order valence-electron chi connectivity index (χ0n) is 17.4. The highest BCUT2D eigenvalue weighted by Crippen LogP contribution is 2.33. The number of esters is 2. The van der Waals surface area contributed by atoms with Crippen LogP contribution in [0.15, 0.2) is 21.9 Å². The Kier molecular flexibility index (Phi) is 6.39. The highest BCUT2D eigenvalue weighted by atomic mass is 16.6. The molecule has 2 rings (SSSR count). The molecule has 0 bridgehead atoms. The Labute approximate surface area is 167 Å². The van der Waals surface area contributed by atoms with E-state index in [0.29, 0.717) is 0 Å². The number of carbonyl (C=O) groups excluding carboxylic acids is 2. The quantitative estimate of drug-likeness (QED) is 0.676. The normalized spacial score (nSPS) is 24.9. The fourth-order valence-electron chi connectivity index (χ4n) is 2.51. The number of carbonyl (C=O) groups is 2. The molecule has 2 N–H and O–H groups in total. The molecule has 1 aliphatic heterocycles. The second-order valence-corrected chi connectivity index (χ2v) is 9.04. The van der Waals surface area contributed by atoms with Gasteiger partial charge in [-0.15, -0.1) is 0 Å². The van der Waals surface area contributed by atoms with Crippen molar-refractivity contribution < 1.29 is 28.9 Å². The summed E-state index contributed by atoms with van der Waals surface area (Å²) in [6, 6.07) is 1.10. The van der Waals surface area contributed by atoms with E-state index in [1.54, 1.807) is 41.5 Å². The van der Waals surface area contributed by atoms with Crippen LogP contribution < -0.4 is 11.2 Å². The first kappa shape index (κ1) is 22.8. The second kappa shape index (κ2) is 8.11. The van der Waals surface area contributed by atoms with Gasteiger partial charge in [0.05, 0.1) is 10.8 Å². The molecule has 1 saturated heterocycles. The van der Waals surface area contributed by atoms with Gasteiger partial charge >= 0.3 is 17.6 Å². The van der Waals surface area contributed by atoms with Crippen molar-refractivity contribution in [3.05, 3.63) is 33.1 Å². The highest BCUT2D eigenvalue weighted by Gasteiger charge is 2.49. The topological polar surface area (TPSA) is 137 Å². The van der Waals surface area contributed by atoms with Crippen LogP contribution in [0.4, 0.5) is 0 Å². The van der Waals surface area contributed by atoms with Gasteiger partial charge in [-0.25, -0.2) is 4.79 Å². The summed E-state index contributed by atoms with van der Waals surface area (Å²) in [6.07, 6.45) is -3.68. The minimum atomic E-state index is -1.36. The van der Waals surface area contributed by atoms with Gasteiger partial charge in [0, 0.05) is 12.3 Å². The van der Waals surface area contributed by atoms with E-state index in [9.17, 15) is 24.3 Å². The van der Waals surface area contributed by atoms with Crippen molar-refractivity contribution in [2.75, 3.05) is 6.61 Å².